The third-order valence-corrected chi connectivity index (χ3v) is 2.99. The lowest BCUT2D eigenvalue weighted by atomic mass is 10.2. The standard InChI is InChI=1S/C13H20N6/c1-4-6-14-13-15-7-5-12(18-13)16-8-11-9-17-19(3)10(11)2/h5,7,9H,4,6,8H2,1-3H3,(H2,14,15,16,18). The van der Waals surface area contributed by atoms with Gasteiger partial charge < -0.3 is 10.6 Å². The van der Waals surface area contributed by atoms with E-state index in [1.807, 2.05) is 24.0 Å². The summed E-state index contributed by atoms with van der Waals surface area (Å²) >= 11 is 0. The summed E-state index contributed by atoms with van der Waals surface area (Å²) in [5.74, 6) is 1.48. The Bertz CT molecular complexity index is 534. The molecule has 0 aromatic carbocycles. The van der Waals surface area contributed by atoms with Crippen molar-refractivity contribution in [3.8, 4) is 0 Å². The summed E-state index contributed by atoms with van der Waals surface area (Å²) in [5.41, 5.74) is 2.33. The van der Waals surface area contributed by atoms with Crippen LogP contribution in [0.25, 0.3) is 0 Å². The minimum Gasteiger partial charge on any atom is -0.366 e. The fourth-order valence-electron chi connectivity index (χ4n) is 1.68. The number of nitrogens with one attached hydrogen (secondary N) is 2. The van der Waals surface area contributed by atoms with Gasteiger partial charge in [0.15, 0.2) is 0 Å². The highest BCUT2D eigenvalue weighted by molar-refractivity contribution is 5.40. The highest BCUT2D eigenvalue weighted by Gasteiger charge is 2.04. The van der Waals surface area contributed by atoms with Gasteiger partial charge in [-0.2, -0.15) is 10.1 Å². The highest BCUT2D eigenvalue weighted by atomic mass is 15.3. The summed E-state index contributed by atoms with van der Waals surface area (Å²) in [5, 5.41) is 10.7. The first-order valence-electron chi connectivity index (χ1n) is 6.49. The van der Waals surface area contributed by atoms with Gasteiger partial charge in [0, 0.05) is 37.6 Å². The molecule has 102 valence electrons. The Kier molecular flexibility index (Phi) is 4.33. The number of rotatable bonds is 6. The van der Waals surface area contributed by atoms with Crippen LogP contribution in [0.3, 0.4) is 0 Å². The molecule has 0 atom stereocenters. The zero-order chi connectivity index (χ0) is 13.7. The van der Waals surface area contributed by atoms with Crippen molar-refractivity contribution in [3.05, 3.63) is 29.7 Å². The molecule has 0 fully saturated rings. The Morgan fingerprint density at radius 2 is 2.16 bits per heavy atom. The monoisotopic (exact) mass is 260 g/mol. The Morgan fingerprint density at radius 1 is 1.32 bits per heavy atom. The molecule has 2 N–H and O–H groups in total. The minimum absolute atomic E-state index is 0.662. The van der Waals surface area contributed by atoms with Crippen LogP contribution in [0.5, 0.6) is 0 Å². The van der Waals surface area contributed by atoms with Gasteiger partial charge in [0.25, 0.3) is 0 Å². The SMILES string of the molecule is CCCNc1nccc(NCc2cnn(C)c2C)n1. The van der Waals surface area contributed by atoms with Gasteiger partial charge in [0.2, 0.25) is 5.95 Å². The summed E-state index contributed by atoms with van der Waals surface area (Å²) in [7, 11) is 1.94. The van der Waals surface area contributed by atoms with E-state index in [2.05, 4.69) is 39.5 Å². The van der Waals surface area contributed by atoms with Crippen molar-refractivity contribution in [1.29, 1.82) is 0 Å². The average Bonchev–Trinajstić information content (AvgIpc) is 2.75. The Labute approximate surface area is 113 Å². The van der Waals surface area contributed by atoms with Gasteiger partial charge in [-0.15, -0.1) is 0 Å². The van der Waals surface area contributed by atoms with Crippen molar-refractivity contribution >= 4 is 11.8 Å². The van der Waals surface area contributed by atoms with Crippen LogP contribution < -0.4 is 10.6 Å². The maximum Gasteiger partial charge on any atom is 0.224 e. The number of aromatic nitrogens is 4. The maximum absolute atomic E-state index is 4.40. The molecule has 2 aromatic rings. The first-order valence-corrected chi connectivity index (χ1v) is 6.49. The first kappa shape index (κ1) is 13.3. The quantitative estimate of drug-likeness (QED) is 0.831. The molecule has 0 saturated carbocycles. The number of nitrogens with zero attached hydrogens (tertiary/aromatic N) is 4. The van der Waals surface area contributed by atoms with Gasteiger partial charge in [-0.25, -0.2) is 4.98 Å². The molecule has 6 nitrogen and oxygen atoms in total. The van der Waals surface area contributed by atoms with Gasteiger partial charge in [-0.3, -0.25) is 4.68 Å². The van der Waals surface area contributed by atoms with E-state index < -0.39 is 0 Å². The Balaban J connectivity index is 1.97. The van der Waals surface area contributed by atoms with Crippen LogP contribution in [-0.2, 0) is 13.6 Å². The molecule has 0 amide bonds. The van der Waals surface area contributed by atoms with Crippen molar-refractivity contribution in [3.63, 3.8) is 0 Å². The van der Waals surface area contributed by atoms with Crippen molar-refractivity contribution < 1.29 is 0 Å². The highest BCUT2D eigenvalue weighted by Crippen LogP contribution is 2.10. The molecule has 19 heavy (non-hydrogen) atoms. The summed E-state index contributed by atoms with van der Waals surface area (Å²) in [6.45, 7) is 5.76. The van der Waals surface area contributed by atoms with Gasteiger partial charge in [0.05, 0.1) is 6.20 Å². The second-order valence-corrected chi connectivity index (χ2v) is 4.42. The van der Waals surface area contributed by atoms with Crippen molar-refractivity contribution in [1.82, 2.24) is 19.7 Å². The van der Waals surface area contributed by atoms with Crippen LogP contribution in [0.1, 0.15) is 24.6 Å². The zero-order valence-electron chi connectivity index (χ0n) is 11.6. The molecular formula is C13H20N6. The predicted octanol–water partition coefficient (Wildman–Crippen LogP) is 1.95. The molecule has 0 saturated heterocycles. The van der Waals surface area contributed by atoms with Crippen LogP contribution >= 0.6 is 0 Å². The van der Waals surface area contributed by atoms with E-state index in [9.17, 15) is 0 Å². The van der Waals surface area contributed by atoms with E-state index in [0.717, 1.165) is 24.5 Å². The molecule has 0 bridgehead atoms. The molecule has 0 unspecified atom stereocenters. The van der Waals surface area contributed by atoms with Crippen molar-refractivity contribution in [2.24, 2.45) is 7.05 Å². The van der Waals surface area contributed by atoms with Gasteiger partial charge in [-0.1, -0.05) is 6.92 Å². The maximum atomic E-state index is 4.40. The molecule has 6 heteroatoms. The van der Waals surface area contributed by atoms with Crippen LogP contribution in [0, 0.1) is 6.92 Å². The number of aryl methyl sites for hydroxylation is 1. The Morgan fingerprint density at radius 3 is 2.84 bits per heavy atom. The van der Waals surface area contributed by atoms with E-state index in [1.54, 1.807) is 6.20 Å². The predicted molar refractivity (Wildman–Crippen MR) is 76.1 cm³/mol. The van der Waals surface area contributed by atoms with Gasteiger partial charge in [0.1, 0.15) is 5.82 Å². The zero-order valence-corrected chi connectivity index (χ0v) is 11.6. The van der Waals surface area contributed by atoms with Crippen LogP contribution in [0.15, 0.2) is 18.5 Å². The first-order chi connectivity index (χ1) is 9.20. The van der Waals surface area contributed by atoms with Crippen molar-refractivity contribution in [2.75, 3.05) is 17.2 Å². The number of hydrogen-bond donors (Lipinski definition) is 2. The van der Waals surface area contributed by atoms with E-state index in [-0.39, 0.29) is 0 Å². The van der Waals surface area contributed by atoms with Crippen LogP contribution in [0.2, 0.25) is 0 Å². The Hall–Kier alpha value is -2.11. The smallest absolute Gasteiger partial charge is 0.224 e. The minimum atomic E-state index is 0.662. The largest absolute Gasteiger partial charge is 0.366 e. The second-order valence-electron chi connectivity index (χ2n) is 4.42. The summed E-state index contributed by atoms with van der Waals surface area (Å²) in [6, 6.07) is 1.86. The normalized spacial score (nSPS) is 10.5. The molecule has 0 aliphatic carbocycles. The van der Waals surface area contributed by atoms with Crippen LogP contribution in [0.4, 0.5) is 11.8 Å². The third-order valence-electron chi connectivity index (χ3n) is 2.99. The van der Waals surface area contributed by atoms with Crippen LogP contribution in [-0.4, -0.2) is 26.3 Å². The number of anilines is 2. The van der Waals surface area contributed by atoms with E-state index in [4.69, 9.17) is 0 Å². The lowest BCUT2D eigenvalue weighted by Gasteiger charge is -2.07. The topological polar surface area (TPSA) is 67.7 Å². The molecule has 0 radical (unpaired) electrons. The lowest BCUT2D eigenvalue weighted by molar-refractivity contribution is 0.738. The second kappa shape index (κ2) is 6.17. The summed E-state index contributed by atoms with van der Waals surface area (Å²) in [6.07, 6.45) is 4.68. The number of hydrogen-bond acceptors (Lipinski definition) is 5. The summed E-state index contributed by atoms with van der Waals surface area (Å²) < 4.78 is 1.87. The molecular weight excluding hydrogens is 240 g/mol. The van der Waals surface area contributed by atoms with Crippen molar-refractivity contribution in [2.45, 2.75) is 26.8 Å². The molecule has 0 aliphatic rings. The molecule has 0 aliphatic heterocycles. The van der Waals surface area contributed by atoms with Gasteiger partial charge >= 0.3 is 0 Å². The summed E-state index contributed by atoms with van der Waals surface area (Å²) in [4.78, 5) is 8.58. The molecule has 0 spiro atoms. The molecule has 2 rings (SSSR count). The van der Waals surface area contributed by atoms with Gasteiger partial charge in [-0.05, 0) is 19.4 Å². The molecule has 2 heterocycles. The molecule has 2 aromatic heterocycles. The van der Waals surface area contributed by atoms with E-state index in [0.29, 0.717) is 12.5 Å². The third kappa shape index (κ3) is 3.43. The van der Waals surface area contributed by atoms with E-state index >= 15 is 0 Å². The average molecular weight is 260 g/mol. The van der Waals surface area contributed by atoms with E-state index in [1.165, 1.54) is 5.56 Å². The fraction of sp³-hybridized carbons (Fsp3) is 0.462. The fourth-order valence-corrected chi connectivity index (χ4v) is 1.68. The lowest BCUT2D eigenvalue weighted by Crippen LogP contribution is -2.07.